The summed E-state index contributed by atoms with van der Waals surface area (Å²) in [6.07, 6.45) is 0.409. The average molecular weight is 396 g/mol. The first-order chi connectivity index (χ1) is 12.5. The molecule has 8 nitrogen and oxygen atoms in total. The van der Waals surface area contributed by atoms with Gasteiger partial charge in [0.1, 0.15) is 4.90 Å². The first-order valence-corrected chi connectivity index (χ1v) is 10.1. The summed E-state index contributed by atoms with van der Waals surface area (Å²) < 4.78 is 26.0. The third kappa shape index (κ3) is 4.13. The number of aliphatic carboxylic acids is 1. The van der Waals surface area contributed by atoms with Crippen LogP contribution in [0.2, 0.25) is 0 Å². The van der Waals surface area contributed by atoms with Crippen LogP contribution in [0, 0.1) is 11.8 Å². The second-order valence-electron chi connectivity index (χ2n) is 7.29. The monoisotopic (exact) mass is 396 g/mol. The normalized spacial score (nSPS) is 16.5. The van der Waals surface area contributed by atoms with E-state index in [1.165, 1.54) is 18.2 Å². The highest BCUT2D eigenvalue weighted by molar-refractivity contribution is 7.90. The highest BCUT2D eigenvalue weighted by Gasteiger charge is 2.42. The maximum Gasteiger partial charge on any atom is 0.308 e. The fourth-order valence-electron chi connectivity index (χ4n) is 3.06. The van der Waals surface area contributed by atoms with E-state index in [9.17, 15) is 27.9 Å². The molecule has 1 aliphatic heterocycles. The van der Waals surface area contributed by atoms with E-state index in [0.717, 1.165) is 4.31 Å². The summed E-state index contributed by atoms with van der Waals surface area (Å²) in [5.74, 6) is -2.78. The summed E-state index contributed by atoms with van der Waals surface area (Å²) in [5, 5.41) is 11.8. The van der Waals surface area contributed by atoms with Gasteiger partial charge in [-0.05, 0) is 44.4 Å². The topological polar surface area (TPSA) is 121 Å². The highest BCUT2D eigenvalue weighted by atomic mass is 32.2. The van der Waals surface area contributed by atoms with Crippen molar-refractivity contribution in [2.24, 2.45) is 11.8 Å². The van der Waals surface area contributed by atoms with Gasteiger partial charge in [0, 0.05) is 18.2 Å². The van der Waals surface area contributed by atoms with Crippen molar-refractivity contribution in [3.8, 4) is 0 Å². The number of fused-ring (bicyclic) bond motifs is 1. The zero-order valence-corrected chi connectivity index (χ0v) is 16.5. The number of hydrogen-bond donors (Lipinski definition) is 2. The zero-order chi connectivity index (χ0) is 20.5. The van der Waals surface area contributed by atoms with Gasteiger partial charge in [-0.2, -0.15) is 0 Å². The molecule has 0 saturated heterocycles. The van der Waals surface area contributed by atoms with Crippen LogP contribution >= 0.6 is 0 Å². The lowest BCUT2D eigenvalue weighted by atomic mass is 9.97. The smallest absolute Gasteiger partial charge is 0.308 e. The van der Waals surface area contributed by atoms with Crippen LogP contribution in [-0.2, 0) is 14.8 Å². The van der Waals surface area contributed by atoms with Crippen LogP contribution in [0.4, 0.5) is 0 Å². The van der Waals surface area contributed by atoms with Crippen LogP contribution in [0.25, 0.3) is 0 Å². The van der Waals surface area contributed by atoms with Gasteiger partial charge >= 0.3 is 5.97 Å². The molecule has 1 heterocycles. The van der Waals surface area contributed by atoms with Gasteiger partial charge in [-0.3, -0.25) is 14.4 Å². The summed E-state index contributed by atoms with van der Waals surface area (Å²) in [6.45, 7) is 6.90. The van der Waals surface area contributed by atoms with Gasteiger partial charge in [-0.25, -0.2) is 12.7 Å². The molecule has 2 N–H and O–H groups in total. The first kappa shape index (κ1) is 20.9. The number of benzene rings is 1. The van der Waals surface area contributed by atoms with Crippen LogP contribution in [0.1, 0.15) is 54.8 Å². The molecule has 9 heteroatoms. The lowest BCUT2D eigenvalue weighted by molar-refractivity contribution is -0.142. The average Bonchev–Trinajstić information content (AvgIpc) is 2.76. The van der Waals surface area contributed by atoms with Crippen molar-refractivity contribution in [3.05, 3.63) is 29.3 Å². The predicted octanol–water partition coefficient (Wildman–Crippen LogP) is 1.72. The largest absolute Gasteiger partial charge is 0.481 e. The summed E-state index contributed by atoms with van der Waals surface area (Å²) >= 11 is 0. The van der Waals surface area contributed by atoms with E-state index in [2.05, 4.69) is 5.32 Å². The molecule has 1 atom stereocenters. The summed E-state index contributed by atoms with van der Waals surface area (Å²) in [6, 6.07) is 3.30. The second kappa shape index (κ2) is 7.67. The van der Waals surface area contributed by atoms with Crippen LogP contribution in [-0.4, -0.2) is 48.2 Å². The Morgan fingerprint density at radius 1 is 1.19 bits per heavy atom. The molecule has 1 aliphatic rings. The Hall–Kier alpha value is -2.42. The van der Waals surface area contributed by atoms with Crippen molar-refractivity contribution in [2.75, 3.05) is 6.54 Å². The van der Waals surface area contributed by atoms with Crippen LogP contribution in [0.3, 0.4) is 0 Å². The van der Waals surface area contributed by atoms with Gasteiger partial charge in [0.15, 0.2) is 0 Å². The second-order valence-corrected chi connectivity index (χ2v) is 9.07. The molecule has 27 heavy (non-hydrogen) atoms. The van der Waals surface area contributed by atoms with Gasteiger partial charge < -0.3 is 10.4 Å². The lowest BCUT2D eigenvalue weighted by Gasteiger charge is -2.18. The number of nitrogens with one attached hydrogen (secondary N) is 1. The number of carboxylic acid groups (broad SMARTS) is 1. The van der Waals surface area contributed by atoms with Crippen LogP contribution in [0.5, 0.6) is 0 Å². The molecule has 148 valence electrons. The Balaban J connectivity index is 2.23. The van der Waals surface area contributed by atoms with E-state index in [4.69, 9.17) is 0 Å². The Morgan fingerprint density at radius 2 is 1.81 bits per heavy atom. The van der Waals surface area contributed by atoms with Crippen LogP contribution < -0.4 is 5.32 Å². The van der Waals surface area contributed by atoms with Crippen molar-refractivity contribution < 1.29 is 27.9 Å². The number of amides is 2. The molecule has 0 aliphatic carbocycles. The van der Waals surface area contributed by atoms with Crippen LogP contribution in [0.15, 0.2) is 23.1 Å². The van der Waals surface area contributed by atoms with Crippen molar-refractivity contribution in [2.45, 2.75) is 45.1 Å². The van der Waals surface area contributed by atoms with Gasteiger partial charge in [-0.15, -0.1) is 0 Å². The standard InChI is InChI=1S/C18H24N2O6S/c1-10(2)7-13(18(23)24)9-19-16(21)12-5-6-14-15(8-12)27(25,26)20(11(3)4)17(14)22/h5-6,8,10-11,13H,7,9H2,1-4H3,(H,19,21)(H,23,24). The molecule has 0 fully saturated rings. The number of carbonyl (C=O) groups excluding carboxylic acids is 2. The minimum absolute atomic E-state index is 0.0310. The molecular formula is C18H24N2O6S. The summed E-state index contributed by atoms with van der Waals surface area (Å²) in [7, 11) is -4.00. The lowest BCUT2D eigenvalue weighted by Crippen LogP contribution is -2.36. The molecule has 0 aromatic heterocycles. The molecule has 1 aromatic carbocycles. The molecule has 0 saturated carbocycles. The quantitative estimate of drug-likeness (QED) is 0.724. The molecular weight excluding hydrogens is 372 g/mol. The van der Waals surface area contributed by atoms with Gasteiger partial charge in [-0.1, -0.05) is 13.8 Å². The maximum atomic E-state index is 12.6. The van der Waals surface area contributed by atoms with E-state index in [0.29, 0.717) is 6.42 Å². The molecule has 0 radical (unpaired) electrons. The number of carbonyl (C=O) groups is 3. The molecule has 0 spiro atoms. The summed E-state index contributed by atoms with van der Waals surface area (Å²) in [5.41, 5.74) is 0.0906. The number of carboxylic acids is 1. The van der Waals surface area contributed by atoms with E-state index in [1.54, 1.807) is 13.8 Å². The Bertz CT molecular complexity index is 876. The third-order valence-corrected chi connectivity index (χ3v) is 6.29. The summed E-state index contributed by atoms with van der Waals surface area (Å²) in [4.78, 5) is 35.8. The Kier molecular flexibility index (Phi) is 5.94. The Labute approximate surface area is 158 Å². The SMILES string of the molecule is CC(C)CC(CNC(=O)c1ccc2c(c1)S(=O)(=O)N(C(C)C)C2=O)C(=O)O. The number of hydrogen-bond acceptors (Lipinski definition) is 5. The van der Waals surface area contributed by atoms with E-state index in [-0.39, 0.29) is 28.5 Å². The van der Waals surface area contributed by atoms with Crippen molar-refractivity contribution in [3.63, 3.8) is 0 Å². The van der Waals surface area contributed by atoms with Gasteiger partial charge in [0.2, 0.25) is 0 Å². The van der Waals surface area contributed by atoms with E-state index in [1.807, 2.05) is 13.8 Å². The molecule has 1 aromatic rings. The fraction of sp³-hybridized carbons (Fsp3) is 0.500. The third-order valence-electron chi connectivity index (χ3n) is 4.29. The fourth-order valence-corrected chi connectivity index (χ4v) is 4.85. The molecule has 1 unspecified atom stereocenters. The van der Waals surface area contributed by atoms with Gasteiger partial charge in [0.25, 0.3) is 21.8 Å². The predicted molar refractivity (Wildman–Crippen MR) is 97.8 cm³/mol. The Morgan fingerprint density at radius 3 is 2.33 bits per heavy atom. The van der Waals surface area contributed by atoms with Crippen molar-refractivity contribution in [1.29, 1.82) is 0 Å². The van der Waals surface area contributed by atoms with E-state index >= 15 is 0 Å². The van der Waals surface area contributed by atoms with E-state index < -0.39 is 39.8 Å². The number of sulfonamides is 1. The minimum Gasteiger partial charge on any atom is -0.481 e. The molecule has 2 rings (SSSR count). The molecule has 0 bridgehead atoms. The number of rotatable bonds is 7. The zero-order valence-electron chi connectivity index (χ0n) is 15.7. The van der Waals surface area contributed by atoms with Crippen molar-refractivity contribution in [1.82, 2.24) is 9.62 Å². The van der Waals surface area contributed by atoms with Crippen molar-refractivity contribution >= 4 is 27.8 Å². The maximum absolute atomic E-state index is 12.6. The number of nitrogens with zero attached hydrogens (tertiary/aromatic N) is 1. The molecule has 2 amide bonds. The first-order valence-electron chi connectivity index (χ1n) is 8.70. The minimum atomic E-state index is -4.00. The van der Waals surface area contributed by atoms with Gasteiger partial charge in [0.05, 0.1) is 11.5 Å². The highest BCUT2D eigenvalue weighted by Crippen LogP contribution is 2.32.